The lowest BCUT2D eigenvalue weighted by molar-refractivity contribution is -0.121. The van der Waals surface area contributed by atoms with Crippen LogP contribution < -0.4 is 5.73 Å². The van der Waals surface area contributed by atoms with Crippen LogP contribution in [0.3, 0.4) is 0 Å². The number of aromatic amines is 1. The highest BCUT2D eigenvalue weighted by molar-refractivity contribution is 7.89. The van der Waals surface area contributed by atoms with Crippen LogP contribution in [0.4, 0.5) is 4.79 Å². The van der Waals surface area contributed by atoms with Gasteiger partial charge in [0, 0.05) is 23.5 Å². The maximum Gasteiger partial charge on any atom is 0.424 e. The number of unbranched alkanes of at least 4 members (excludes halogenated alkanes) is 1. The summed E-state index contributed by atoms with van der Waals surface area (Å²) in [6.07, 6.45) is 1.50. The SMILES string of the molecule is CCCCS(=O)(=O)N(C(=O)OC(C)(C)C)C(Cc1c[nH]c2ccccc12)C(N)=O. The molecule has 3 N–H and O–H groups in total. The Kier molecular flexibility index (Phi) is 6.94. The third kappa shape index (κ3) is 5.72. The quantitative estimate of drug-likeness (QED) is 0.676. The summed E-state index contributed by atoms with van der Waals surface area (Å²) >= 11 is 0. The molecule has 160 valence electrons. The predicted molar refractivity (Wildman–Crippen MR) is 112 cm³/mol. The van der Waals surface area contributed by atoms with E-state index in [9.17, 15) is 18.0 Å². The third-order valence-electron chi connectivity index (χ3n) is 4.33. The Bertz CT molecular complexity index is 975. The standard InChI is InChI=1S/C20H29N3O5S/c1-5-6-11-29(26,27)23(19(25)28-20(2,3)4)17(18(21)24)12-14-13-22-16-10-8-7-9-15(14)16/h7-10,13,17,22H,5-6,11-12H2,1-4H3,(H2,21,24). The van der Waals surface area contributed by atoms with Crippen molar-refractivity contribution in [3.63, 3.8) is 0 Å². The second-order valence-electron chi connectivity index (χ2n) is 7.93. The first-order chi connectivity index (χ1) is 13.5. The number of aromatic nitrogens is 1. The summed E-state index contributed by atoms with van der Waals surface area (Å²) in [6.45, 7) is 6.72. The van der Waals surface area contributed by atoms with Gasteiger partial charge in [0.2, 0.25) is 15.9 Å². The fourth-order valence-electron chi connectivity index (χ4n) is 2.97. The molecule has 0 saturated heterocycles. The molecule has 9 heteroatoms. The normalized spacial score (nSPS) is 13.2. The molecule has 1 atom stereocenters. The highest BCUT2D eigenvalue weighted by Gasteiger charge is 2.40. The Hall–Kier alpha value is -2.55. The first-order valence-corrected chi connectivity index (χ1v) is 11.2. The van der Waals surface area contributed by atoms with Crippen LogP contribution in [0.2, 0.25) is 0 Å². The predicted octanol–water partition coefficient (Wildman–Crippen LogP) is 2.93. The number of rotatable bonds is 8. The number of nitrogens with zero attached hydrogens (tertiary/aromatic N) is 1. The number of primary amides is 1. The molecule has 2 aromatic rings. The molecule has 1 unspecified atom stereocenters. The number of hydrogen-bond acceptors (Lipinski definition) is 5. The van der Waals surface area contributed by atoms with Crippen LogP contribution in [0.1, 0.15) is 46.1 Å². The average molecular weight is 424 g/mol. The highest BCUT2D eigenvalue weighted by Crippen LogP contribution is 2.24. The maximum atomic E-state index is 13.0. The topological polar surface area (TPSA) is 123 Å². The molecule has 8 nitrogen and oxygen atoms in total. The lowest BCUT2D eigenvalue weighted by atomic mass is 10.0. The van der Waals surface area contributed by atoms with Crippen molar-refractivity contribution in [1.82, 2.24) is 9.29 Å². The van der Waals surface area contributed by atoms with Crippen LogP contribution in [-0.2, 0) is 26.0 Å². The van der Waals surface area contributed by atoms with Crippen molar-refractivity contribution < 1.29 is 22.7 Å². The molecule has 0 spiro atoms. The summed E-state index contributed by atoms with van der Waals surface area (Å²) in [4.78, 5) is 28.2. The van der Waals surface area contributed by atoms with Gasteiger partial charge in [-0.1, -0.05) is 31.5 Å². The molecule has 0 bridgehead atoms. The number of carbonyl (C=O) groups excluding carboxylic acids is 2. The molecule has 1 aromatic heterocycles. The van der Waals surface area contributed by atoms with Crippen molar-refractivity contribution in [3.8, 4) is 0 Å². The van der Waals surface area contributed by atoms with Crippen molar-refractivity contribution in [2.24, 2.45) is 5.73 Å². The van der Waals surface area contributed by atoms with E-state index in [1.54, 1.807) is 27.0 Å². The van der Waals surface area contributed by atoms with E-state index >= 15 is 0 Å². The summed E-state index contributed by atoms with van der Waals surface area (Å²) in [5.74, 6) is -1.19. The van der Waals surface area contributed by atoms with Gasteiger partial charge in [0.1, 0.15) is 11.6 Å². The summed E-state index contributed by atoms with van der Waals surface area (Å²) in [6, 6.07) is 6.01. The Morgan fingerprint density at radius 1 is 1.24 bits per heavy atom. The Labute approximate surface area is 171 Å². The van der Waals surface area contributed by atoms with Crippen LogP contribution in [0.15, 0.2) is 30.5 Å². The fourth-order valence-corrected chi connectivity index (χ4v) is 4.66. The number of ether oxygens (including phenoxy) is 1. The van der Waals surface area contributed by atoms with Gasteiger partial charge in [0.25, 0.3) is 0 Å². The third-order valence-corrected chi connectivity index (χ3v) is 6.14. The van der Waals surface area contributed by atoms with E-state index in [4.69, 9.17) is 10.5 Å². The first kappa shape index (κ1) is 22.7. The van der Waals surface area contributed by atoms with Gasteiger partial charge in [-0.15, -0.1) is 0 Å². The van der Waals surface area contributed by atoms with E-state index in [0.29, 0.717) is 22.7 Å². The second-order valence-corrected chi connectivity index (χ2v) is 9.89. The summed E-state index contributed by atoms with van der Waals surface area (Å²) in [5.41, 5.74) is 6.15. The number of benzene rings is 1. The van der Waals surface area contributed by atoms with Gasteiger partial charge < -0.3 is 15.5 Å². The zero-order valence-electron chi connectivity index (χ0n) is 17.3. The first-order valence-electron chi connectivity index (χ1n) is 9.55. The minimum atomic E-state index is -4.11. The molecule has 0 aliphatic rings. The van der Waals surface area contributed by atoms with Crippen molar-refractivity contribution in [1.29, 1.82) is 0 Å². The van der Waals surface area contributed by atoms with Gasteiger partial charge >= 0.3 is 6.09 Å². The van der Waals surface area contributed by atoms with Gasteiger partial charge in [-0.3, -0.25) is 4.79 Å². The van der Waals surface area contributed by atoms with E-state index in [2.05, 4.69) is 4.98 Å². The monoisotopic (exact) mass is 423 g/mol. The lowest BCUT2D eigenvalue weighted by Gasteiger charge is -2.31. The van der Waals surface area contributed by atoms with Gasteiger partial charge in [-0.2, -0.15) is 4.31 Å². The molecule has 0 radical (unpaired) electrons. The smallest absolute Gasteiger partial charge is 0.424 e. The number of nitrogens with one attached hydrogen (secondary N) is 1. The van der Waals surface area contributed by atoms with Crippen molar-refractivity contribution in [2.75, 3.05) is 5.75 Å². The number of carbonyl (C=O) groups is 2. The lowest BCUT2D eigenvalue weighted by Crippen LogP contribution is -2.53. The molecule has 1 aromatic carbocycles. The minimum Gasteiger partial charge on any atom is -0.443 e. The van der Waals surface area contributed by atoms with Crippen LogP contribution in [-0.4, -0.2) is 47.1 Å². The molecule has 0 aliphatic heterocycles. The number of sulfonamides is 1. The number of fused-ring (bicyclic) bond motifs is 1. The zero-order valence-corrected chi connectivity index (χ0v) is 18.1. The van der Waals surface area contributed by atoms with E-state index in [0.717, 1.165) is 10.9 Å². The second kappa shape index (κ2) is 8.86. The molecular weight excluding hydrogens is 394 g/mol. The molecule has 0 aliphatic carbocycles. The van der Waals surface area contributed by atoms with E-state index < -0.39 is 33.7 Å². The van der Waals surface area contributed by atoms with E-state index in [-0.39, 0.29) is 12.2 Å². The average Bonchev–Trinajstić information content (AvgIpc) is 3.00. The Morgan fingerprint density at radius 2 is 1.90 bits per heavy atom. The van der Waals surface area contributed by atoms with Crippen LogP contribution in [0.25, 0.3) is 10.9 Å². The largest absolute Gasteiger partial charge is 0.443 e. The molecule has 2 amide bonds. The zero-order chi connectivity index (χ0) is 21.8. The number of para-hydroxylation sites is 1. The van der Waals surface area contributed by atoms with Crippen molar-refractivity contribution in [2.45, 2.75) is 58.6 Å². The van der Waals surface area contributed by atoms with Gasteiger partial charge in [-0.25, -0.2) is 13.2 Å². The molecule has 0 saturated carbocycles. The van der Waals surface area contributed by atoms with Gasteiger partial charge in [0.05, 0.1) is 5.75 Å². The van der Waals surface area contributed by atoms with Crippen molar-refractivity contribution in [3.05, 3.63) is 36.0 Å². The van der Waals surface area contributed by atoms with Gasteiger partial charge in [0.15, 0.2) is 0 Å². The van der Waals surface area contributed by atoms with E-state index in [1.165, 1.54) is 0 Å². The number of amides is 2. The fraction of sp³-hybridized carbons (Fsp3) is 0.500. The van der Waals surface area contributed by atoms with Crippen molar-refractivity contribution >= 4 is 32.9 Å². The summed E-state index contributed by atoms with van der Waals surface area (Å²) < 4.78 is 31.8. The maximum absolute atomic E-state index is 13.0. The molecule has 0 fully saturated rings. The molecule has 1 heterocycles. The summed E-state index contributed by atoms with van der Waals surface area (Å²) in [7, 11) is -4.11. The number of hydrogen-bond donors (Lipinski definition) is 2. The highest BCUT2D eigenvalue weighted by atomic mass is 32.2. The molecular formula is C20H29N3O5S. The molecule has 29 heavy (non-hydrogen) atoms. The van der Waals surface area contributed by atoms with Gasteiger partial charge in [-0.05, 0) is 38.8 Å². The Morgan fingerprint density at radius 3 is 2.48 bits per heavy atom. The summed E-state index contributed by atoms with van der Waals surface area (Å²) in [5, 5.41) is 0.828. The minimum absolute atomic E-state index is 0.0516. The van der Waals surface area contributed by atoms with Crippen LogP contribution >= 0.6 is 0 Å². The van der Waals surface area contributed by atoms with Crippen LogP contribution in [0.5, 0.6) is 0 Å². The number of nitrogens with two attached hydrogens (primary N) is 1. The van der Waals surface area contributed by atoms with E-state index in [1.807, 2.05) is 31.2 Å². The number of H-pyrrole nitrogens is 1. The molecule has 2 rings (SSSR count). The van der Waals surface area contributed by atoms with Crippen LogP contribution in [0, 0.1) is 0 Å². The Balaban J connectivity index is 2.48.